The summed E-state index contributed by atoms with van der Waals surface area (Å²) < 4.78 is 6.63. The molecule has 0 aliphatic carbocycles. The Balaban J connectivity index is 2.92. The zero-order valence-corrected chi connectivity index (χ0v) is 9.18. The minimum atomic E-state index is 0.225. The fourth-order valence-corrected chi connectivity index (χ4v) is 1.32. The summed E-state index contributed by atoms with van der Waals surface area (Å²) in [5.74, 6) is 0.921. The number of aryl methyl sites for hydroxylation is 1. The Morgan fingerprint density at radius 2 is 2.00 bits per heavy atom. The fourth-order valence-electron chi connectivity index (χ4n) is 0.965. The number of benzene rings is 1. The van der Waals surface area contributed by atoms with E-state index in [1.54, 1.807) is 0 Å². The van der Waals surface area contributed by atoms with Gasteiger partial charge < -0.3 is 4.74 Å². The van der Waals surface area contributed by atoms with Crippen LogP contribution in [-0.2, 0) is 0 Å². The first-order chi connectivity index (χ1) is 5.61. The molecule has 1 rings (SSSR count). The van der Waals surface area contributed by atoms with Crippen molar-refractivity contribution in [2.24, 2.45) is 0 Å². The highest BCUT2D eigenvalue weighted by Crippen LogP contribution is 2.28. The summed E-state index contributed by atoms with van der Waals surface area (Å²) in [5.41, 5.74) is 1.20. The zero-order chi connectivity index (χ0) is 9.14. The van der Waals surface area contributed by atoms with Crippen molar-refractivity contribution in [2.45, 2.75) is 26.9 Å². The maximum atomic E-state index is 5.58. The summed E-state index contributed by atoms with van der Waals surface area (Å²) in [6.07, 6.45) is 0.225. The number of halogens is 1. The van der Waals surface area contributed by atoms with Gasteiger partial charge in [-0.2, -0.15) is 0 Å². The topological polar surface area (TPSA) is 9.23 Å². The molecule has 0 saturated heterocycles. The molecule has 0 radical (unpaired) electrons. The van der Waals surface area contributed by atoms with Crippen LogP contribution >= 0.6 is 15.9 Å². The molecule has 0 N–H and O–H groups in total. The molecule has 0 aliphatic rings. The van der Waals surface area contributed by atoms with Gasteiger partial charge in [0.15, 0.2) is 0 Å². The normalized spacial score (nSPS) is 10.4. The van der Waals surface area contributed by atoms with E-state index in [1.165, 1.54) is 5.56 Å². The van der Waals surface area contributed by atoms with Crippen molar-refractivity contribution in [3.05, 3.63) is 28.2 Å². The molecule has 0 bridgehead atoms. The molecule has 0 heterocycles. The maximum Gasteiger partial charge on any atom is 0.134 e. The molecule has 0 aromatic heterocycles. The minimum Gasteiger partial charge on any atom is -0.490 e. The third-order valence-corrected chi connectivity index (χ3v) is 2.54. The van der Waals surface area contributed by atoms with Crippen molar-refractivity contribution in [2.75, 3.05) is 0 Å². The van der Waals surface area contributed by atoms with Crippen LogP contribution < -0.4 is 4.74 Å². The highest BCUT2D eigenvalue weighted by molar-refractivity contribution is 9.10. The van der Waals surface area contributed by atoms with Gasteiger partial charge >= 0.3 is 0 Å². The maximum absolute atomic E-state index is 5.58. The van der Waals surface area contributed by atoms with Crippen LogP contribution in [0.5, 0.6) is 5.75 Å². The Morgan fingerprint density at radius 1 is 1.33 bits per heavy atom. The molecule has 0 atom stereocenters. The molecule has 0 amide bonds. The predicted octanol–water partition coefficient (Wildman–Crippen LogP) is 3.54. The lowest BCUT2D eigenvalue weighted by Gasteiger charge is -2.12. The van der Waals surface area contributed by atoms with Crippen molar-refractivity contribution in [3.63, 3.8) is 0 Å². The molecule has 12 heavy (non-hydrogen) atoms. The van der Waals surface area contributed by atoms with E-state index < -0.39 is 0 Å². The SMILES string of the molecule is Cc1cccc(OC(C)C)c1Br. The summed E-state index contributed by atoms with van der Waals surface area (Å²) >= 11 is 3.48. The summed E-state index contributed by atoms with van der Waals surface area (Å²) in [5, 5.41) is 0. The highest BCUT2D eigenvalue weighted by Gasteiger charge is 2.04. The van der Waals surface area contributed by atoms with Gasteiger partial charge in [0.05, 0.1) is 10.6 Å². The smallest absolute Gasteiger partial charge is 0.134 e. The van der Waals surface area contributed by atoms with Crippen LogP contribution in [0.25, 0.3) is 0 Å². The van der Waals surface area contributed by atoms with Crippen LogP contribution in [0.15, 0.2) is 22.7 Å². The third-order valence-electron chi connectivity index (χ3n) is 1.52. The Morgan fingerprint density at radius 3 is 2.58 bits per heavy atom. The van der Waals surface area contributed by atoms with Gasteiger partial charge in [-0.3, -0.25) is 0 Å². The average Bonchev–Trinajstić information content (AvgIpc) is 1.98. The van der Waals surface area contributed by atoms with Crippen molar-refractivity contribution in [1.29, 1.82) is 0 Å². The van der Waals surface area contributed by atoms with Gasteiger partial charge in [0.1, 0.15) is 5.75 Å². The van der Waals surface area contributed by atoms with Crippen LogP contribution in [0.3, 0.4) is 0 Å². The van der Waals surface area contributed by atoms with Gasteiger partial charge in [0.25, 0.3) is 0 Å². The molecule has 0 saturated carbocycles. The van der Waals surface area contributed by atoms with E-state index >= 15 is 0 Å². The lowest BCUT2D eigenvalue weighted by molar-refractivity contribution is 0.240. The quantitative estimate of drug-likeness (QED) is 0.753. The van der Waals surface area contributed by atoms with Crippen molar-refractivity contribution >= 4 is 15.9 Å². The summed E-state index contributed by atoms with van der Waals surface area (Å²) in [4.78, 5) is 0. The number of hydrogen-bond acceptors (Lipinski definition) is 1. The van der Waals surface area contributed by atoms with E-state index in [0.717, 1.165) is 10.2 Å². The van der Waals surface area contributed by atoms with Gasteiger partial charge in [0.2, 0.25) is 0 Å². The van der Waals surface area contributed by atoms with Crippen LogP contribution in [0.1, 0.15) is 19.4 Å². The van der Waals surface area contributed by atoms with Crippen molar-refractivity contribution in [1.82, 2.24) is 0 Å². The molecule has 66 valence electrons. The fraction of sp³-hybridized carbons (Fsp3) is 0.400. The standard InChI is InChI=1S/C10H13BrO/c1-7(2)12-9-6-4-5-8(3)10(9)11/h4-7H,1-3H3. The first-order valence-corrected chi connectivity index (χ1v) is 4.82. The number of ether oxygens (including phenoxy) is 1. The summed E-state index contributed by atoms with van der Waals surface area (Å²) in [7, 11) is 0. The highest BCUT2D eigenvalue weighted by atomic mass is 79.9. The van der Waals surface area contributed by atoms with Gasteiger partial charge in [-0.05, 0) is 48.3 Å². The van der Waals surface area contributed by atoms with E-state index in [1.807, 2.05) is 26.0 Å². The lowest BCUT2D eigenvalue weighted by atomic mass is 10.2. The third kappa shape index (κ3) is 2.24. The van der Waals surface area contributed by atoms with Crippen molar-refractivity contribution < 1.29 is 4.74 Å². The number of rotatable bonds is 2. The van der Waals surface area contributed by atoms with Crippen molar-refractivity contribution in [3.8, 4) is 5.75 Å². The molecule has 1 aromatic rings. The van der Waals surface area contributed by atoms with Crippen LogP contribution in [0, 0.1) is 6.92 Å². The lowest BCUT2D eigenvalue weighted by Crippen LogP contribution is -2.06. The molecular formula is C10H13BrO. The van der Waals surface area contributed by atoms with Crippen LogP contribution in [-0.4, -0.2) is 6.10 Å². The second kappa shape index (κ2) is 3.94. The summed E-state index contributed by atoms with van der Waals surface area (Å²) in [6.45, 7) is 6.10. The monoisotopic (exact) mass is 228 g/mol. The average molecular weight is 229 g/mol. The Labute approximate surface area is 81.9 Å². The van der Waals surface area contributed by atoms with E-state index in [4.69, 9.17) is 4.74 Å². The number of hydrogen-bond donors (Lipinski definition) is 0. The Bertz CT molecular complexity index is 269. The largest absolute Gasteiger partial charge is 0.490 e. The second-order valence-corrected chi connectivity index (χ2v) is 3.85. The van der Waals surface area contributed by atoms with E-state index in [0.29, 0.717) is 0 Å². The van der Waals surface area contributed by atoms with Gasteiger partial charge in [-0.15, -0.1) is 0 Å². The first kappa shape index (κ1) is 9.59. The van der Waals surface area contributed by atoms with E-state index in [-0.39, 0.29) is 6.10 Å². The summed E-state index contributed by atoms with van der Waals surface area (Å²) in [6, 6.07) is 6.02. The molecule has 0 aliphatic heterocycles. The van der Waals surface area contributed by atoms with Gasteiger partial charge in [-0.25, -0.2) is 0 Å². The van der Waals surface area contributed by atoms with Crippen LogP contribution in [0.2, 0.25) is 0 Å². The van der Waals surface area contributed by atoms with Gasteiger partial charge in [0, 0.05) is 0 Å². The molecule has 1 nitrogen and oxygen atoms in total. The van der Waals surface area contributed by atoms with E-state index in [9.17, 15) is 0 Å². The van der Waals surface area contributed by atoms with E-state index in [2.05, 4.69) is 28.9 Å². The first-order valence-electron chi connectivity index (χ1n) is 4.03. The zero-order valence-electron chi connectivity index (χ0n) is 7.60. The second-order valence-electron chi connectivity index (χ2n) is 3.05. The van der Waals surface area contributed by atoms with Crippen LogP contribution in [0.4, 0.5) is 0 Å². The predicted molar refractivity (Wildman–Crippen MR) is 54.6 cm³/mol. The van der Waals surface area contributed by atoms with Gasteiger partial charge in [-0.1, -0.05) is 12.1 Å². The molecule has 1 aromatic carbocycles. The molecule has 0 fully saturated rings. The minimum absolute atomic E-state index is 0.225. The molecular weight excluding hydrogens is 216 g/mol. The molecule has 2 heteroatoms. The Kier molecular flexibility index (Phi) is 3.15. The Hall–Kier alpha value is -0.500. The molecule has 0 unspecified atom stereocenters. The molecule has 0 spiro atoms.